The van der Waals surface area contributed by atoms with E-state index < -0.39 is 5.82 Å². The molecule has 0 spiro atoms. The molecule has 1 fully saturated rings. The number of pyridine rings is 1. The number of hydrogen-bond acceptors (Lipinski definition) is 3. The number of ether oxygens (including phenoxy) is 1. The van der Waals surface area contributed by atoms with Crippen molar-refractivity contribution in [2.75, 3.05) is 18.9 Å². The highest BCUT2D eigenvalue weighted by atomic mass is 19.1. The van der Waals surface area contributed by atoms with Crippen LogP contribution in [-0.4, -0.2) is 18.2 Å². The molecule has 0 amide bonds. The van der Waals surface area contributed by atoms with Crippen LogP contribution in [0.15, 0.2) is 12.3 Å². The molecule has 0 radical (unpaired) electrons. The summed E-state index contributed by atoms with van der Waals surface area (Å²) >= 11 is 0. The minimum atomic E-state index is -0.459. The van der Waals surface area contributed by atoms with Crippen LogP contribution < -0.4 is 5.73 Å². The average molecular weight is 168 g/mol. The maximum atomic E-state index is 12.7. The van der Waals surface area contributed by atoms with Crippen molar-refractivity contribution in [3.8, 4) is 0 Å². The molecule has 0 saturated carbocycles. The number of hydrogen-bond donors (Lipinski definition) is 1. The summed E-state index contributed by atoms with van der Waals surface area (Å²) in [6, 6.07) is 1.57. The summed E-state index contributed by atoms with van der Waals surface area (Å²) in [4.78, 5) is 3.93. The van der Waals surface area contributed by atoms with Crippen molar-refractivity contribution in [1.82, 2.24) is 4.98 Å². The van der Waals surface area contributed by atoms with Crippen LogP contribution in [0.4, 0.5) is 10.1 Å². The van der Waals surface area contributed by atoms with E-state index in [9.17, 15) is 4.39 Å². The van der Waals surface area contributed by atoms with Gasteiger partial charge in [0.05, 0.1) is 30.8 Å². The van der Waals surface area contributed by atoms with Gasteiger partial charge >= 0.3 is 0 Å². The molecule has 0 aromatic carbocycles. The van der Waals surface area contributed by atoms with Crippen LogP contribution in [0.25, 0.3) is 0 Å². The molecule has 2 N–H and O–H groups in total. The third kappa shape index (κ3) is 1.14. The quantitative estimate of drug-likeness (QED) is 0.678. The molecule has 1 aliphatic heterocycles. The lowest BCUT2D eigenvalue weighted by atomic mass is 10.0. The van der Waals surface area contributed by atoms with E-state index in [1.165, 1.54) is 0 Å². The predicted molar refractivity (Wildman–Crippen MR) is 42.2 cm³/mol. The molecule has 1 aliphatic rings. The summed E-state index contributed by atoms with van der Waals surface area (Å²) in [5.41, 5.74) is 6.36. The van der Waals surface area contributed by atoms with Crippen molar-refractivity contribution in [2.24, 2.45) is 0 Å². The molecule has 0 unspecified atom stereocenters. The van der Waals surface area contributed by atoms with E-state index in [4.69, 9.17) is 10.5 Å². The van der Waals surface area contributed by atoms with Crippen molar-refractivity contribution in [3.05, 3.63) is 23.8 Å². The van der Waals surface area contributed by atoms with E-state index in [0.29, 0.717) is 19.1 Å². The highest BCUT2D eigenvalue weighted by Gasteiger charge is 2.22. The van der Waals surface area contributed by atoms with Gasteiger partial charge in [-0.05, 0) is 6.07 Å². The number of rotatable bonds is 1. The highest BCUT2D eigenvalue weighted by Crippen LogP contribution is 2.23. The number of nitrogen functional groups attached to an aromatic ring is 1. The number of anilines is 1. The fourth-order valence-corrected chi connectivity index (χ4v) is 1.10. The van der Waals surface area contributed by atoms with E-state index in [-0.39, 0.29) is 5.69 Å². The first-order valence-corrected chi connectivity index (χ1v) is 3.76. The summed E-state index contributed by atoms with van der Waals surface area (Å²) in [5, 5.41) is 0. The van der Waals surface area contributed by atoms with Gasteiger partial charge in [-0.2, -0.15) is 0 Å². The molecule has 2 heterocycles. The van der Waals surface area contributed by atoms with E-state index in [0.717, 1.165) is 11.9 Å². The van der Waals surface area contributed by atoms with Gasteiger partial charge in [0.25, 0.3) is 0 Å². The second kappa shape index (κ2) is 2.71. The molecular formula is C8H9FN2O. The van der Waals surface area contributed by atoms with Gasteiger partial charge in [-0.1, -0.05) is 0 Å². The zero-order valence-corrected chi connectivity index (χ0v) is 6.46. The van der Waals surface area contributed by atoms with Gasteiger partial charge in [0.2, 0.25) is 0 Å². The lowest BCUT2D eigenvalue weighted by molar-refractivity contribution is 0.00670. The van der Waals surface area contributed by atoms with Crippen molar-refractivity contribution in [3.63, 3.8) is 0 Å². The first kappa shape index (κ1) is 7.49. The minimum absolute atomic E-state index is 0.159. The molecule has 1 saturated heterocycles. The second-order valence-electron chi connectivity index (χ2n) is 2.87. The summed E-state index contributed by atoms with van der Waals surface area (Å²) in [6.45, 7) is 1.33. The normalized spacial score (nSPS) is 17.4. The van der Waals surface area contributed by atoms with Gasteiger partial charge in [0, 0.05) is 5.92 Å². The Bertz CT molecular complexity index is 299. The first-order chi connectivity index (χ1) is 5.77. The number of nitrogens with two attached hydrogens (primary N) is 1. The number of nitrogens with zero attached hydrogens (tertiary/aromatic N) is 1. The smallest absolute Gasteiger partial charge is 0.164 e. The van der Waals surface area contributed by atoms with Gasteiger partial charge in [0.15, 0.2) is 5.82 Å². The lowest BCUT2D eigenvalue weighted by Crippen LogP contribution is -2.26. The third-order valence-electron chi connectivity index (χ3n) is 1.96. The molecule has 2 rings (SSSR count). The van der Waals surface area contributed by atoms with Crippen molar-refractivity contribution >= 4 is 5.69 Å². The van der Waals surface area contributed by atoms with Crippen LogP contribution in [-0.2, 0) is 4.74 Å². The molecule has 0 atom stereocenters. The van der Waals surface area contributed by atoms with Gasteiger partial charge in [-0.3, -0.25) is 4.98 Å². The van der Waals surface area contributed by atoms with E-state index in [1.54, 1.807) is 6.07 Å². The first-order valence-electron chi connectivity index (χ1n) is 3.76. The fraction of sp³-hybridized carbons (Fsp3) is 0.375. The molecule has 4 heteroatoms. The van der Waals surface area contributed by atoms with E-state index in [2.05, 4.69) is 4.98 Å². The fourth-order valence-electron chi connectivity index (χ4n) is 1.10. The van der Waals surface area contributed by atoms with Gasteiger partial charge in [-0.15, -0.1) is 0 Å². The second-order valence-corrected chi connectivity index (χ2v) is 2.87. The minimum Gasteiger partial charge on any atom is -0.396 e. The van der Waals surface area contributed by atoms with Crippen molar-refractivity contribution < 1.29 is 9.13 Å². The molecular weight excluding hydrogens is 159 g/mol. The molecule has 1 aromatic rings. The Hall–Kier alpha value is -1.16. The monoisotopic (exact) mass is 168 g/mol. The topological polar surface area (TPSA) is 48.1 Å². The molecule has 0 bridgehead atoms. The molecule has 3 nitrogen and oxygen atoms in total. The summed E-state index contributed by atoms with van der Waals surface area (Å²) < 4.78 is 17.7. The van der Waals surface area contributed by atoms with Crippen LogP contribution in [0, 0.1) is 5.82 Å². The van der Waals surface area contributed by atoms with Crippen LogP contribution in [0.5, 0.6) is 0 Å². The zero-order chi connectivity index (χ0) is 8.55. The SMILES string of the molecule is Nc1cc(C2COC2)ncc1F. The highest BCUT2D eigenvalue weighted by molar-refractivity contribution is 5.40. The lowest BCUT2D eigenvalue weighted by Gasteiger charge is -2.25. The summed E-state index contributed by atoms with van der Waals surface area (Å²) in [6.07, 6.45) is 1.16. The zero-order valence-electron chi connectivity index (χ0n) is 6.46. The molecule has 64 valence electrons. The Balaban J connectivity index is 2.27. The van der Waals surface area contributed by atoms with Gasteiger partial charge < -0.3 is 10.5 Å². The van der Waals surface area contributed by atoms with E-state index >= 15 is 0 Å². The Morgan fingerprint density at radius 1 is 1.58 bits per heavy atom. The van der Waals surface area contributed by atoms with Crippen LogP contribution >= 0.6 is 0 Å². The van der Waals surface area contributed by atoms with Gasteiger partial charge in [0.1, 0.15) is 0 Å². The van der Waals surface area contributed by atoms with Gasteiger partial charge in [-0.25, -0.2) is 4.39 Å². The Labute approximate surface area is 69.4 Å². The van der Waals surface area contributed by atoms with Crippen molar-refractivity contribution in [1.29, 1.82) is 0 Å². The van der Waals surface area contributed by atoms with Crippen LogP contribution in [0.2, 0.25) is 0 Å². The van der Waals surface area contributed by atoms with Crippen LogP contribution in [0.3, 0.4) is 0 Å². The maximum Gasteiger partial charge on any atom is 0.164 e. The molecule has 12 heavy (non-hydrogen) atoms. The molecule has 1 aromatic heterocycles. The molecule has 0 aliphatic carbocycles. The maximum absolute atomic E-state index is 12.7. The third-order valence-corrected chi connectivity index (χ3v) is 1.96. The predicted octanol–water partition coefficient (Wildman–Crippen LogP) is 0.917. The summed E-state index contributed by atoms with van der Waals surface area (Å²) in [5.74, 6) is -0.160. The Kier molecular flexibility index (Phi) is 1.69. The Morgan fingerprint density at radius 3 is 2.83 bits per heavy atom. The number of halogens is 1. The largest absolute Gasteiger partial charge is 0.396 e. The standard InChI is InChI=1S/C8H9FN2O/c9-6-2-11-8(1-7(6)10)5-3-12-4-5/h1-2,5H,3-4H2,(H2,10,11). The van der Waals surface area contributed by atoms with Crippen LogP contribution in [0.1, 0.15) is 11.6 Å². The number of aromatic nitrogens is 1. The average Bonchev–Trinajstić information content (AvgIpc) is 1.93. The van der Waals surface area contributed by atoms with Crippen molar-refractivity contribution in [2.45, 2.75) is 5.92 Å². The van der Waals surface area contributed by atoms with E-state index in [1.807, 2.05) is 0 Å². The Morgan fingerprint density at radius 2 is 2.33 bits per heavy atom. The summed E-state index contributed by atoms with van der Waals surface area (Å²) in [7, 11) is 0.